The molecule has 1 aromatic carbocycles. The standard InChI is InChI=1S/C18H21N3O4S2/c1-25-13-4-2-3-12(11-13)19-17(22)18-20-15-7-9-21(10-8-16(15)26-18)27(23,24)14-5-6-14/h2-4,11,14H,5-10H2,1H3,(H,19,22). The average Bonchev–Trinajstić information content (AvgIpc) is 3.47. The van der Waals surface area contributed by atoms with Crippen LogP contribution < -0.4 is 10.1 Å². The molecular formula is C18H21N3O4S2. The largest absolute Gasteiger partial charge is 0.497 e. The fourth-order valence-corrected chi connectivity index (χ4v) is 5.99. The lowest BCUT2D eigenvalue weighted by Gasteiger charge is -2.19. The number of aromatic nitrogens is 1. The number of sulfonamides is 1. The van der Waals surface area contributed by atoms with Crippen LogP contribution in [-0.2, 0) is 22.9 Å². The number of hydrogen-bond donors (Lipinski definition) is 1. The van der Waals surface area contributed by atoms with Crippen molar-refractivity contribution in [2.75, 3.05) is 25.5 Å². The Morgan fingerprint density at radius 2 is 2.07 bits per heavy atom. The van der Waals surface area contributed by atoms with E-state index in [1.165, 1.54) is 11.3 Å². The molecule has 27 heavy (non-hydrogen) atoms. The van der Waals surface area contributed by atoms with Crippen LogP contribution in [-0.4, -0.2) is 49.1 Å². The summed E-state index contributed by atoms with van der Waals surface area (Å²) in [6.45, 7) is 0.900. The van der Waals surface area contributed by atoms with Gasteiger partial charge >= 0.3 is 0 Å². The molecule has 9 heteroatoms. The summed E-state index contributed by atoms with van der Waals surface area (Å²) in [4.78, 5) is 18.0. The van der Waals surface area contributed by atoms with E-state index in [1.54, 1.807) is 29.6 Å². The van der Waals surface area contributed by atoms with Crippen LogP contribution >= 0.6 is 11.3 Å². The summed E-state index contributed by atoms with van der Waals surface area (Å²) in [6.07, 6.45) is 2.69. The van der Waals surface area contributed by atoms with Crippen LogP contribution in [0.1, 0.15) is 33.2 Å². The Bertz CT molecular complexity index is 941. The molecule has 1 fully saturated rings. The van der Waals surface area contributed by atoms with Crippen LogP contribution in [0.4, 0.5) is 5.69 Å². The predicted molar refractivity (Wildman–Crippen MR) is 104 cm³/mol. The fraction of sp³-hybridized carbons (Fsp3) is 0.444. The van der Waals surface area contributed by atoms with Crippen LogP contribution in [0.25, 0.3) is 0 Å². The van der Waals surface area contributed by atoms with E-state index in [0.29, 0.717) is 42.4 Å². The Hall–Kier alpha value is -1.97. The fourth-order valence-electron chi connectivity index (χ4n) is 3.16. The normalized spacial score (nSPS) is 17.8. The number of carbonyl (C=O) groups excluding carboxylic acids is 1. The van der Waals surface area contributed by atoms with Gasteiger partial charge < -0.3 is 10.1 Å². The molecule has 0 bridgehead atoms. The summed E-state index contributed by atoms with van der Waals surface area (Å²) in [5.41, 5.74) is 1.48. The van der Waals surface area contributed by atoms with Crippen LogP contribution in [0.2, 0.25) is 0 Å². The van der Waals surface area contributed by atoms with Crippen LogP contribution in [0.3, 0.4) is 0 Å². The molecule has 1 saturated carbocycles. The number of rotatable bonds is 5. The van der Waals surface area contributed by atoms with E-state index in [0.717, 1.165) is 23.4 Å². The number of benzene rings is 1. The van der Waals surface area contributed by atoms with Crippen LogP contribution in [0.15, 0.2) is 24.3 Å². The Kier molecular flexibility index (Phi) is 4.92. The zero-order valence-electron chi connectivity index (χ0n) is 15.0. The lowest BCUT2D eigenvalue weighted by atomic mass is 10.2. The van der Waals surface area contributed by atoms with Gasteiger partial charge in [0.1, 0.15) is 5.75 Å². The minimum atomic E-state index is -3.16. The van der Waals surface area contributed by atoms with Gasteiger partial charge in [-0.3, -0.25) is 4.79 Å². The van der Waals surface area contributed by atoms with Gasteiger partial charge in [0, 0.05) is 36.1 Å². The molecule has 2 aliphatic rings. The van der Waals surface area contributed by atoms with Gasteiger partial charge in [-0.05, 0) is 31.4 Å². The lowest BCUT2D eigenvalue weighted by Crippen LogP contribution is -2.35. The summed E-state index contributed by atoms with van der Waals surface area (Å²) < 4.78 is 31.6. The minimum Gasteiger partial charge on any atom is -0.497 e. The third-order valence-corrected chi connectivity index (χ3v) is 8.35. The second-order valence-corrected chi connectivity index (χ2v) is 10.0. The highest BCUT2D eigenvalue weighted by Crippen LogP contribution is 2.33. The Labute approximate surface area is 162 Å². The average molecular weight is 408 g/mol. The Balaban J connectivity index is 1.45. The summed E-state index contributed by atoms with van der Waals surface area (Å²) in [7, 11) is -1.59. The second-order valence-electron chi connectivity index (χ2n) is 6.72. The van der Waals surface area contributed by atoms with Gasteiger partial charge in [-0.2, -0.15) is 0 Å². The van der Waals surface area contributed by atoms with E-state index in [2.05, 4.69) is 10.3 Å². The molecule has 1 aliphatic heterocycles. The Morgan fingerprint density at radius 1 is 1.30 bits per heavy atom. The second kappa shape index (κ2) is 7.21. The van der Waals surface area contributed by atoms with Gasteiger partial charge in [-0.25, -0.2) is 17.7 Å². The summed E-state index contributed by atoms with van der Waals surface area (Å²) in [5.74, 6) is 0.406. The molecule has 0 atom stereocenters. The number of anilines is 1. The third kappa shape index (κ3) is 3.85. The highest BCUT2D eigenvalue weighted by molar-refractivity contribution is 7.90. The molecule has 1 aromatic heterocycles. The van der Waals surface area contributed by atoms with Crippen molar-refractivity contribution in [2.24, 2.45) is 0 Å². The molecule has 2 aromatic rings. The number of thiazole rings is 1. The SMILES string of the molecule is COc1cccc(NC(=O)c2nc3c(s2)CCN(S(=O)(=O)C2CC2)CC3)c1. The summed E-state index contributed by atoms with van der Waals surface area (Å²) >= 11 is 1.35. The lowest BCUT2D eigenvalue weighted by molar-refractivity contribution is 0.102. The highest BCUT2D eigenvalue weighted by Gasteiger charge is 2.40. The van der Waals surface area contributed by atoms with E-state index < -0.39 is 10.0 Å². The molecule has 7 nitrogen and oxygen atoms in total. The van der Waals surface area contributed by atoms with Crippen molar-refractivity contribution in [3.05, 3.63) is 39.8 Å². The zero-order chi connectivity index (χ0) is 19.0. The molecule has 0 saturated heterocycles. The predicted octanol–water partition coefficient (Wildman–Crippen LogP) is 2.30. The van der Waals surface area contributed by atoms with Gasteiger partial charge in [0.2, 0.25) is 10.0 Å². The zero-order valence-corrected chi connectivity index (χ0v) is 16.6. The van der Waals surface area contributed by atoms with Crippen molar-refractivity contribution in [1.82, 2.24) is 9.29 Å². The molecule has 0 spiro atoms. The maximum absolute atomic E-state index is 12.5. The van der Waals surface area contributed by atoms with Crippen LogP contribution in [0, 0.1) is 0 Å². The van der Waals surface area contributed by atoms with E-state index in [9.17, 15) is 13.2 Å². The smallest absolute Gasteiger partial charge is 0.284 e. The Morgan fingerprint density at radius 3 is 2.81 bits per heavy atom. The number of nitrogens with one attached hydrogen (secondary N) is 1. The van der Waals surface area contributed by atoms with Crippen LogP contribution in [0.5, 0.6) is 5.75 Å². The monoisotopic (exact) mass is 407 g/mol. The third-order valence-electron chi connectivity index (χ3n) is 4.79. The molecule has 1 amide bonds. The number of amides is 1. The van der Waals surface area contributed by atoms with E-state index in [1.807, 2.05) is 6.07 Å². The van der Waals surface area contributed by atoms with Crippen molar-refractivity contribution in [1.29, 1.82) is 0 Å². The van der Waals surface area contributed by atoms with Crippen molar-refractivity contribution >= 4 is 33.0 Å². The first-order chi connectivity index (χ1) is 13.0. The van der Waals surface area contributed by atoms with Gasteiger partial charge in [0.15, 0.2) is 5.01 Å². The van der Waals surface area contributed by atoms with Crippen molar-refractivity contribution in [3.8, 4) is 5.75 Å². The van der Waals surface area contributed by atoms with Gasteiger partial charge in [-0.15, -0.1) is 11.3 Å². The van der Waals surface area contributed by atoms with E-state index >= 15 is 0 Å². The van der Waals surface area contributed by atoms with Gasteiger partial charge in [0.25, 0.3) is 5.91 Å². The minimum absolute atomic E-state index is 0.189. The molecular weight excluding hydrogens is 386 g/mol. The quantitative estimate of drug-likeness (QED) is 0.822. The maximum Gasteiger partial charge on any atom is 0.284 e. The molecule has 1 aliphatic carbocycles. The van der Waals surface area contributed by atoms with Crippen molar-refractivity contribution < 1.29 is 17.9 Å². The number of carbonyl (C=O) groups is 1. The number of ether oxygens (including phenoxy) is 1. The molecule has 1 N–H and O–H groups in total. The molecule has 2 heterocycles. The number of hydrogen-bond acceptors (Lipinski definition) is 6. The molecule has 0 radical (unpaired) electrons. The van der Waals surface area contributed by atoms with Gasteiger partial charge in [-0.1, -0.05) is 6.07 Å². The van der Waals surface area contributed by atoms with Gasteiger partial charge in [0.05, 0.1) is 18.1 Å². The highest BCUT2D eigenvalue weighted by atomic mass is 32.2. The molecule has 4 rings (SSSR count). The molecule has 0 unspecified atom stereocenters. The number of nitrogens with zero attached hydrogens (tertiary/aromatic N) is 2. The number of methoxy groups -OCH3 is 1. The molecule has 144 valence electrons. The van der Waals surface area contributed by atoms with Crippen molar-refractivity contribution in [2.45, 2.75) is 30.9 Å². The number of fused-ring (bicyclic) bond motifs is 1. The first kappa shape index (κ1) is 18.4. The van der Waals surface area contributed by atoms with E-state index in [-0.39, 0.29) is 11.2 Å². The summed E-state index contributed by atoms with van der Waals surface area (Å²) in [5, 5.41) is 3.05. The van der Waals surface area contributed by atoms with E-state index in [4.69, 9.17) is 4.74 Å². The topological polar surface area (TPSA) is 88.6 Å². The van der Waals surface area contributed by atoms with Crippen molar-refractivity contribution in [3.63, 3.8) is 0 Å². The first-order valence-corrected chi connectivity index (χ1v) is 11.2. The maximum atomic E-state index is 12.5. The summed E-state index contributed by atoms with van der Waals surface area (Å²) in [6, 6.07) is 7.15. The first-order valence-electron chi connectivity index (χ1n) is 8.90.